The van der Waals surface area contributed by atoms with E-state index in [-0.39, 0.29) is 5.56 Å². The monoisotopic (exact) mass is 373 g/mol. The van der Waals surface area contributed by atoms with Crippen molar-refractivity contribution in [3.05, 3.63) is 46.4 Å². The molecule has 1 atom stereocenters. The Labute approximate surface area is 157 Å². The van der Waals surface area contributed by atoms with E-state index in [0.717, 1.165) is 21.8 Å². The van der Waals surface area contributed by atoms with Gasteiger partial charge in [-0.15, -0.1) is 0 Å². The summed E-state index contributed by atoms with van der Waals surface area (Å²) in [6.45, 7) is 7.42. The van der Waals surface area contributed by atoms with Crippen LogP contribution in [0.1, 0.15) is 32.3 Å². The highest BCUT2D eigenvalue weighted by atomic mass is 32.2. The lowest BCUT2D eigenvalue weighted by molar-refractivity contribution is 0.301. The summed E-state index contributed by atoms with van der Waals surface area (Å²) in [4.78, 5) is 13.2. The van der Waals surface area contributed by atoms with Crippen LogP contribution in [-0.4, -0.2) is 21.6 Å². The number of nitrogens with zero attached hydrogens (tertiary/aromatic N) is 1. The van der Waals surface area contributed by atoms with Gasteiger partial charge in [0.2, 0.25) is 0 Å². The number of pyridine rings is 1. The lowest BCUT2D eigenvalue weighted by atomic mass is 10.0. The van der Waals surface area contributed by atoms with Gasteiger partial charge in [0.15, 0.2) is 0 Å². The SMILES string of the molecule is Cc1cc(-c2cc(S(C)=O)ccc2OCC2CC2)cn(CC(C)C)c1=O. The summed E-state index contributed by atoms with van der Waals surface area (Å²) in [5.74, 6) is 1.82. The highest BCUT2D eigenvalue weighted by Gasteiger charge is 2.23. The summed E-state index contributed by atoms with van der Waals surface area (Å²) in [5.41, 5.74) is 2.58. The molecule has 1 aromatic carbocycles. The fourth-order valence-corrected chi connectivity index (χ4v) is 3.54. The van der Waals surface area contributed by atoms with Crippen LogP contribution in [0.25, 0.3) is 11.1 Å². The van der Waals surface area contributed by atoms with E-state index < -0.39 is 10.8 Å². The van der Waals surface area contributed by atoms with E-state index in [0.29, 0.717) is 30.6 Å². The molecule has 1 saturated carbocycles. The molecule has 1 aliphatic carbocycles. The minimum Gasteiger partial charge on any atom is -0.493 e. The Morgan fingerprint density at radius 3 is 2.62 bits per heavy atom. The molecule has 1 aliphatic rings. The zero-order valence-corrected chi connectivity index (χ0v) is 16.8. The predicted octanol–water partition coefficient (Wildman–Crippen LogP) is 4.01. The summed E-state index contributed by atoms with van der Waals surface area (Å²) in [5, 5.41) is 0. The molecule has 140 valence electrons. The number of rotatable bonds is 7. The maximum absolute atomic E-state index is 12.5. The first-order valence-electron chi connectivity index (χ1n) is 9.17. The highest BCUT2D eigenvalue weighted by molar-refractivity contribution is 7.84. The van der Waals surface area contributed by atoms with Crippen LogP contribution in [0, 0.1) is 18.8 Å². The predicted molar refractivity (Wildman–Crippen MR) is 106 cm³/mol. The molecule has 26 heavy (non-hydrogen) atoms. The molecule has 0 aliphatic heterocycles. The number of ether oxygens (including phenoxy) is 1. The molecule has 1 heterocycles. The topological polar surface area (TPSA) is 48.3 Å². The molecule has 3 rings (SSSR count). The van der Waals surface area contributed by atoms with Crippen LogP contribution in [-0.2, 0) is 17.3 Å². The smallest absolute Gasteiger partial charge is 0.253 e. The minimum absolute atomic E-state index is 0.0399. The second kappa shape index (κ2) is 7.78. The van der Waals surface area contributed by atoms with E-state index in [2.05, 4.69) is 13.8 Å². The molecular formula is C21H27NO3S. The van der Waals surface area contributed by atoms with Gasteiger partial charge in [0.1, 0.15) is 5.75 Å². The summed E-state index contributed by atoms with van der Waals surface area (Å²) >= 11 is 0. The fourth-order valence-electron chi connectivity index (χ4n) is 2.99. The van der Waals surface area contributed by atoms with Crippen LogP contribution in [0.4, 0.5) is 0 Å². The lowest BCUT2D eigenvalue weighted by Gasteiger charge is -2.16. The number of aromatic nitrogens is 1. The molecule has 0 saturated heterocycles. The Morgan fingerprint density at radius 1 is 1.27 bits per heavy atom. The number of hydrogen-bond acceptors (Lipinski definition) is 3. The summed E-state index contributed by atoms with van der Waals surface area (Å²) < 4.78 is 19.8. The van der Waals surface area contributed by atoms with Crippen LogP contribution >= 0.6 is 0 Å². The Kier molecular flexibility index (Phi) is 5.66. The van der Waals surface area contributed by atoms with Crippen LogP contribution in [0.3, 0.4) is 0 Å². The standard InChI is InChI=1S/C21H27NO3S/c1-14(2)11-22-12-17(9-15(3)21(22)23)19-10-18(26(4)24)7-8-20(19)25-13-16-5-6-16/h7-10,12,14,16H,5-6,11,13H2,1-4H3. The minimum atomic E-state index is -1.07. The van der Waals surface area contributed by atoms with E-state index in [1.54, 1.807) is 10.8 Å². The van der Waals surface area contributed by atoms with Gasteiger partial charge in [-0.05, 0) is 55.9 Å². The zero-order valence-electron chi connectivity index (χ0n) is 16.0. The van der Waals surface area contributed by atoms with Crippen molar-refractivity contribution in [1.82, 2.24) is 4.57 Å². The molecular weight excluding hydrogens is 346 g/mol. The summed E-state index contributed by atoms with van der Waals surface area (Å²) in [6, 6.07) is 7.60. The van der Waals surface area contributed by atoms with Crippen LogP contribution in [0.15, 0.2) is 40.2 Å². The average Bonchev–Trinajstić information content (AvgIpc) is 3.40. The van der Waals surface area contributed by atoms with Gasteiger partial charge in [-0.25, -0.2) is 0 Å². The molecule has 0 spiro atoms. The molecule has 4 nitrogen and oxygen atoms in total. The zero-order chi connectivity index (χ0) is 18.8. The Bertz CT molecular complexity index is 881. The van der Waals surface area contributed by atoms with Crippen molar-refractivity contribution < 1.29 is 8.95 Å². The van der Waals surface area contributed by atoms with Gasteiger partial charge in [-0.3, -0.25) is 9.00 Å². The second-order valence-corrected chi connectivity index (χ2v) is 9.01. The normalized spacial score (nSPS) is 15.3. The molecule has 1 aromatic heterocycles. The van der Waals surface area contributed by atoms with E-state index in [9.17, 15) is 9.00 Å². The first-order valence-corrected chi connectivity index (χ1v) is 10.7. The number of aryl methyl sites for hydroxylation is 1. The van der Waals surface area contributed by atoms with Crippen molar-refractivity contribution in [2.75, 3.05) is 12.9 Å². The fraction of sp³-hybridized carbons (Fsp3) is 0.476. The van der Waals surface area contributed by atoms with Crippen LogP contribution in [0.2, 0.25) is 0 Å². The molecule has 5 heteroatoms. The van der Waals surface area contributed by atoms with Gasteiger partial charge in [0.25, 0.3) is 5.56 Å². The summed E-state index contributed by atoms with van der Waals surface area (Å²) in [6.07, 6.45) is 6.03. The highest BCUT2D eigenvalue weighted by Crippen LogP contribution is 2.35. The van der Waals surface area contributed by atoms with Gasteiger partial charge in [-0.1, -0.05) is 13.8 Å². The van der Waals surface area contributed by atoms with Gasteiger partial charge >= 0.3 is 0 Å². The maximum Gasteiger partial charge on any atom is 0.253 e. The number of hydrogen-bond donors (Lipinski definition) is 0. The third kappa shape index (κ3) is 4.44. The second-order valence-electron chi connectivity index (χ2n) is 7.63. The maximum atomic E-state index is 12.5. The van der Waals surface area contributed by atoms with E-state index in [4.69, 9.17) is 4.74 Å². The van der Waals surface area contributed by atoms with Crippen molar-refractivity contribution in [3.63, 3.8) is 0 Å². The third-order valence-electron chi connectivity index (χ3n) is 4.59. The van der Waals surface area contributed by atoms with Gasteiger partial charge in [-0.2, -0.15) is 0 Å². The van der Waals surface area contributed by atoms with Crippen LogP contribution < -0.4 is 10.3 Å². The van der Waals surface area contributed by atoms with Crippen molar-refractivity contribution in [3.8, 4) is 16.9 Å². The van der Waals surface area contributed by atoms with Crippen LogP contribution in [0.5, 0.6) is 5.75 Å². The van der Waals surface area contributed by atoms with Gasteiger partial charge in [0.05, 0.1) is 6.61 Å². The molecule has 1 fully saturated rings. The first-order chi connectivity index (χ1) is 12.3. The molecule has 0 N–H and O–H groups in total. The van der Waals surface area contributed by atoms with Crippen molar-refractivity contribution >= 4 is 10.8 Å². The van der Waals surface area contributed by atoms with Crippen molar-refractivity contribution in [2.24, 2.45) is 11.8 Å². The van der Waals surface area contributed by atoms with Crippen molar-refractivity contribution in [2.45, 2.75) is 45.1 Å². The average molecular weight is 374 g/mol. The van der Waals surface area contributed by atoms with E-state index in [1.165, 1.54) is 12.8 Å². The Hall–Kier alpha value is -1.88. The van der Waals surface area contributed by atoms with Gasteiger partial charge < -0.3 is 9.30 Å². The Morgan fingerprint density at radius 2 is 2.00 bits per heavy atom. The van der Waals surface area contributed by atoms with E-state index in [1.807, 2.05) is 37.4 Å². The van der Waals surface area contributed by atoms with Crippen molar-refractivity contribution in [1.29, 1.82) is 0 Å². The van der Waals surface area contributed by atoms with Gasteiger partial charge in [0, 0.05) is 51.4 Å². The van der Waals surface area contributed by atoms with E-state index >= 15 is 0 Å². The number of benzene rings is 1. The molecule has 1 unspecified atom stereocenters. The quantitative estimate of drug-likeness (QED) is 0.737. The lowest BCUT2D eigenvalue weighted by Crippen LogP contribution is -2.24. The molecule has 0 radical (unpaired) electrons. The molecule has 0 amide bonds. The largest absolute Gasteiger partial charge is 0.493 e. The summed E-state index contributed by atoms with van der Waals surface area (Å²) in [7, 11) is -1.07. The third-order valence-corrected chi connectivity index (χ3v) is 5.51. The molecule has 0 bridgehead atoms. The first kappa shape index (κ1) is 18.9. The Balaban J connectivity index is 2.07. The molecule has 2 aromatic rings.